The highest BCUT2D eigenvalue weighted by atomic mass is 15.3. The molecule has 2 aromatic rings. The van der Waals surface area contributed by atoms with Crippen LogP contribution >= 0.6 is 0 Å². The number of aromatic nitrogens is 3. The molecule has 0 amide bonds. The van der Waals surface area contributed by atoms with E-state index < -0.39 is 0 Å². The van der Waals surface area contributed by atoms with Crippen molar-refractivity contribution in [1.82, 2.24) is 20.2 Å². The average Bonchev–Trinajstić information content (AvgIpc) is 2.80. The van der Waals surface area contributed by atoms with Gasteiger partial charge in [0.2, 0.25) is 0 Å². The Labute approximate surface area is 94.3 Å². The van der Waals surface area contributed by atoms with Gasteiger partial charge in [0, 0.05) is 18.9 Å². The fourth-order valence-corrected chi connectivity index (χ4v) is 1.72. The smallest absolute Gasteiger partial charge is 0.105 e. The molecule has 0 aromatic carbocycles. The van der Waals surface area contributed by atoms with Crippen LogP contribution in [0.4, 0.5) is 0 Å². The van der Waals surface area contributed by atoms with Crippen molar-refractivity contribution in [3.63, 3.8) is 0 Å². The molecule has 0 fully saturated rings. The van der Waals surface area contributed by atoms with E-state index in [-0.39, 0.29) is 6.04 Å². The van der Waals surface area contributed by atoms with Crippen molar-refractivity contribution in [3.05, 3.63) is 48.0 Å². The summed E-state index contributed by atoms with van der Waals surface area (Å²) in [5.74, 6) is 5.59. The molecule has 0 saturated carbocycles. The van der Waals surface area contributed by atoms with Crippen molar-refractivity contribution < 1.29 is 0 Å². The lowest BCUT2D eigenvalue weighted by molar-refractivity contribution is 0.535. The second-order valence-electron chi connectivity index (χ2n) is 3.43. The first-order chi connectivity index (χ1) is 7.86. The summed E-state index contributed by atoms with van der Waals surface area (Å²) in [6, 6.07) is 7.59. The average molecular weight is 217 g/mol. The molecule has 2 rings (SSSR count). The van der Waals surface area contributed by atoms with Crippen LogP contribution in [-0.4, -0.2) is 14.8 Å². The minimum Gasteiger partial charge on any atom is -0.270 e. The largest absolute Gasteiger partial charge is 0.270 e. The number of rotatable bonds is 4. The lowest BCUT2D eigenvalue weighted by Gasteiger charge is -2.16. The van der Waals surface area contributed by atoms with Gasteiger partial charge in [0.1, 0.15) is 6.04 Å². The fraction of sp³-hybridized carbons (Fsp3) is 0.273. The Balaban J connectivity index is 2.37. The molecule has 84 valence electrons. The molecule has 1 unspecified atom stereocenters. The number of nitrogens with one attached hydrogen (secondary N) is 1. The minimum absolute atomic E-state index is 0.122. The van der Waals surface area contributed by atoms with Crippen LogP contribution < -0.4 is 11.3 Å². The maximum Gasteiger partial charge on any atom is 0.105 e. The van der Waals surface area contributed by atoms with Crippen molar-refractivity contribution in [2.24, 2.45) is 5.84 Å². The van der Waals surface area contributed by atoms with E-state index in [9.17, 15) is 0 Å². The molecule has 2 heterocycles. The highest BCUT2D eigenvalue weighted by Crippen LogP contribution is 2.18. The van der Waals surface area contributed by atoms with Crippen LogP contribution in [-0.2, 0) is 6.54 Å². The number of hydrogen-bond donors (Lipinski definition) is 2. The second kappa shape index (κ2) is 4.87. The zero-order valence-corrected chi connectivity index (χ0v) is 9.17. The fourth-order valence-electron chi connectivity index (χ4n) is 1.72. The Bertz CT molecular complexity index is 437. The standard InChI is InChI=1S/C11H15N5/c1-2-16-10(6-8-14-16)11(15-12)9-5-3-4-7-13-9/h3-8,11,15H,2,12H2,1H3. The van der Waals surface area contributed by atoms with Gasteiger partial charge in [-0.25, -0.2) is 5.43 Å². The van der Waals surface area contributed by atoms with Gasteiger partial charge in [0.25, 0.3) is 0 Å². The molecule has 0 radical (unpaired) electrons. The summed E-state index contributed by atoms with van der Waals surface area (Å²) in [5, 5.41) is 4.22. The number of aryl methyl sites for hydroxylation is 1. The van der Waals surface area contributed by atoms with E-state index in [1.165, 1.54) is 0 Å². The quantitative estimate of drug-likeness (QED) is 0.588. The number of pyridine rings is 1. The molecule has 0 saturated heterocycles. The first-order valence-electron chi connectivity index (χ1n) is 5.25. The van der Waals surface area contributed by atoms with Crippen LogP contribution in [0.5, 0.6) is 0 Å². The van der Waals surface area contributed by atoms with E-state index in [1.54, 1.807) is 12.4 Å². The van der Waals surface area contributed by atoms with Crippen LogP contribution in [0.2, 0.25) is 0 Å². The van der Waals surface area contributed by atoms with Crippen molar-refractivity contribution in [2.75, 3.05) is 0 Å². The van der Waals surface area contributed by atoms with Crippen LogP contribution in [0.15, 0.2) is 36.7 Å². The van der Waals surface area contributed by atoms with Gasteiger partial charge < -0.3 is 0 Å². The Morgan fingerprint density at radius 2 is 2.25 bits per heavy atom. The summed E-state index contributed by atoms with van der Waals surface area (Å²) in [6.07, 6.45) is 3.53. The summed E-state index contributed by atoms with van der Waals surface area (Å²) in [4.78, 5) is 4.30. The summed E-state index contributed by atoms with van der Waals surface area (Å²) in [6.45, 7) is 2.86. The molecule has 0 aliphatic heterocycles. The minimum atomic E-state index is -0.122. The SMILES string of the molecule is CCn1nccc1C(NN)c1ccccn1. The lowest BCUT2D eigenvalue weighted by Crippen LogP contribution is -2.31. The van der Waals surface area contributed by atoms with Crippen molar-refractivity contribution in [2.45, 2.75) is 19.5 Å². The van der Waals surface area contributed by atoms with E-state index in [4.69, 9.17) is 5.84 Å². The Kier molecular flexibility index (Phi) is 3.28. The van der Waals surface area contributed by atoms with Gasteiger partial charge in [-0.3, -0.25) is 15.5 Å². The molecule has 1 atom stereocenters. The summed E-state index contributed by atoms with van der Waals surface area (Å²) in [7, 11) is 0. The van der Waals surface area contributed by atoms with Crippen molar-refractivity contribution >= 4 is 0 Å². The Morgan fingerprint density at radius 3 is 2.88 bits per heavy atom. The predicted octanol–water partition coefficient (Wildman–Crippen LogP) is 0.851. The maximum atomic E-state index is 5.59. The van der Waals surface area contributed by atoms with Gasteiger partial charge in [-0.05, 0) is 25.1 Å². The Hall–Kier alpha value is -1.72. The van der Waals surface area contributed by atoms with E-state index in [0.29, 0.717) is 0 Å². The molecule has 0 aliphatic carbocycles. The van der Waals surface area contributed by atoms with Crippen molar-refractivity contribution in [3.8, 4) is 0 Å². The predicted molar refractivity (Wildman–Crippen MR) is 61.3 cm³/mol. The summed E-state index contributed by atoms with van der Waals surface area (Å²) >= 11 is 0. The number of nitrogens with two attached hydrogens (primary N) is 1. The third kappa shape index (κ3) is 1.95. The van der Waals surface area contributed by atoms with E-state index >= 15 is 0 Å². The first kappa shape index (κ1) is 10.8. The van der Waals surface area contributed by atoms with Gasteiger partial charge in [-0.2, -0.15) is 5.10 Å². The van der Waals surface area contributed by atoms with Gasteiger partial charge >= 0.3 is 0 Å². The van der Waals surface area contributed by atoms with Crippen molar-refractivity contribution in [1.29, 1.82) is 0 Å². The third-order valence-corrected chi connectivity index (χ3v) is 2.49. The molecule has 5 heteroatoms. The summed E-state index contributed by atoms with van der Waals surface area (Å²) < 4.78 is 1.90. The molecule has 5 nitrogen and oxygen atoms in total. The van der Waals surface area contributed by atoms with E-state index in [2.05, 4.69) is 15.5 Å². The van der Waals surface area contributed by atoms with Crippen LogP contribution in [0.1, 0.15) is 24.4 Å². The molecule has 0 bridgehead atoms. The Morgan fingerprint density at radius 1 is 1.38 bits per heavy atom. The normalized spacial score (nSPS) is 12.6. The zero-order valence-electron chi connectivity index (χ0n) is 9.17. The topological polar surface area (TPSA) is 68.8 Å². The molecule has 2 aromatic heterocycles. The van der Waals surface area contributed by atoms with Crippen LogP contribution in [0.3, 0.4) is 0 Å². The highest BCUT2D eigenvalue weighted by Gasteiger charge is 2.16. The molecular formula is C11H15N5. The maximum absolute atomic E-state index is 5.59. The molecular weight excluding hydrogens is 202 g/mol. The lowest BCUT2D eigenvalue weighted by atomic mass is 10.1. The number of nitrogens with zero attached hydrogens (tertiary/aromatic N) is 3. The van der Waals surface area contributed by atoms with Gasteiger partial charge in [-0.1, -0.05) is 6.07 Å². The van der Waals surface area contributed by atoms with Crippen LogP contribution in [0.25, 0.3) is 0 Å². The summed E-state index contributed by atoms with van der Waals surface area (Å²) in [5.41, 5.74) is 4.68. The zero-order chi connectivity index (χ0) is 11.4. The molecule has 16 heavy (non-hydrogen) atoms. The van der Waals surface area contributed by atoms with E-state index in [1.807, 2.05) is 35.9 Å². The monoisotopic (exact) mass is 217 g/mol. The van der Waals surface area contributed by atoms with Crippen LogP contribution in [0, 0.1) is 0 Å². The van der Waals surface area contributed by atoms with Gasteiger partial charge in [-0.15, -0.1) is 0 Å². The molecule has 3 N–H and O–H groups in total. The molecule has 0 aliphatic rings. The second-order valence-corrected chi connectivity index (χ2v) is 3.43. The first-order valence-corrected chi connectivity index (χ1v) is 5.25. The third-order valence-electron chi connectivity index (χ3n) is 2.49. The molecule has 0 spiro atoms. The van der Waals surface area contributed by atoms with Gasteiger partial charge in [0.05, 0.1) is 11.4 Å². The number of hydrazine groups is 1. The highest BCUT2D eigenvalue weighted by molar-refractivity contribution is 5.21. The van der Waals surface area contributed by atoms with Gasteiger partial charge in [0.15, 0.2) is 0 Å². The number of hydrogen-bond acceptors (Lipinski definition) is 4. The van der Waals surface area contributed by atoms with E-state index in [0.717, 1.165) is 17.9 Å².